The molecule has 2 aliphatic rings. The van der Waals surface area contributed by atoms with E-state index in [-0.39, 0.29) is 35.2 Å². The number of hydrogen-bond donors (Lipinski definition) is 1. The molecule has 0 radical (unpaired) electrons. The van der Waals surface area contributed by atoms with E-state index in [1.165, 1.54) is 36.9 Å². The van der Waals surface area contributed by atoms with Gasteiger partial charge in [-0.15, -0.1) is 0 Å². The van der Waals surface area contributed by atoms with Crippen LogP contribution in [-0.4, -0.2) is 51.4 Å². The van der Waals surface area contributed by atoms with E-state index in [1.807, 2.05) is 11.8 Å². The Kier molecular flexibility index (Phi) is 7.84. The molecule has 1 aliphatic carbocycles. The largest absolute Gasteiger partial charge is 0.494 e. The SMILES string of the molecule is COc1cnc(C(F)F)cc1-c1cc(CC(=O)N2CCC[C@H]2C)ncc1C(=O)Nc1ncc(C#CC2CC2)s1. The van der Waals surface area contributed by atoms with Gasteiger partial charge in [-0.3, -0.25) is 24.9 Å². The van der Waals surface area contributed by atoms with Gasteiger partial charge < -0.3 is 9.64 Å². The Bertz CT molecular complexity index is 1460. The zero-order valence-electron chi connectivity index (χ0n) is 21.5. The summed E-state index contributed by atoms with van der Waals surface area (Å²) in [5.74, 6) is 6.27. The summed E-state index contributed by atoms with van der Waals surface area (Å²) in [6.45, 7) is 2.69. The highest BCUT2D eigenvalue weighted by Crippen LogP contribution is 2.35. The van der Waals surface area contributed by atoms with Crippen LogP contribution in [-0.2, 0) is 11.2 Å². The summed E-state index contributed by atoms with van der Waals surface area (Å²) in [7, 11) is 1.39. The third-order valence-electron chi connectivity index (χ3n) is 6.74. The lowest BCUT2D eigenvalue weighted by molar-refractivity contribution is -0.131. The second-order valence-corrected chi connectivity index (χ2v) is 10.6. The number of hydrogen-bond acceptors (Lipinski definition) is 7. The number of ether oxygens (including phenoxy) is 1. The number of pyridine rings is 2. The average molecular weight is 552 g/mol. The number of nitrogens with one attached hydrogen (secondary N) is 1. The van der Waals surface area contributed by atoms with Crippen LogP contribution in [0.2, 0.25) is 0 Å². The van der Waals surface area contributed by atoms with E-state index in [2.05, 4.69) is 32.1 Å². The number of alkyl halides is 2. The molecular weight excluding hydrogens is 524 g/mol. The quantitative estimate of drug-likeness (QED) is 0.410. The Morgan fingerprint density at radius 1 is 1.15 bits per heavy atom. The predicted octanol–water partition coefficient (Wildman–Crippen LogP) is 5.11. The molecule has 0 aromatic carbocycles. The molecule has 202 valence electrons. The number of rotatable bonds is 7. The third kappa shape index (κ3) is 6.23. The highest BCUT2D eigenvalue weighted by atomic mass is 32.1. The van der Waals surface area contributed by atoms with Crippen molar-refractivity contribution in [1.82, 2.24) is 19.9 Å². The van der Waals surface area contributed by atoms with Crippen LogP contribution < -0.4 is 10.1 Å². The van der Waals surface area contributed by atoms with Crippen LogP contribution in [0.15, 0.2) is 30.7 Å². The number of aromatic nitrogens is 3. The Labute approximate surface area is 228 Å². The standard InChI is InChI=1S/C28H27F2N5O3S/c1-16-4-3-9-35(16)25(36)11-18-10-20(21-12-23(26(29)30)32-15-24(21)38-2)22(14-31-18)27(37)34-28-33-13-19(39-28)8-7-17-5-6-17/h10,12-17,26H,3-6,9,11H2,1-2H3,(H,33,34,37)/t16-/m1/s1. The molecule has 0 spiro atoms. The molecule has 1 saturated carbocycles. The summed E-state index contributed by atoms with van der Waals surface area (Å²) in [5.41, 5.74) is 0.609. The van der Waals surface area contributed by atoms with Crippen molar-refractivity contribution in [3.8, 4) is 28.7 Å². The lowest BCUT2D eigenvalue weighted by Gasteiger charge is -2.21. The van der Waals surface area contributed by atoms with Gasteiger partial charge in [0.1, 0.15) is 11.4 Å². The first-order valence-electron chi connectivity index (χ1n) is 12.7. The summed E-state index contributed by atoms with van der Waals surface area (Å²) < 4.78 is 32.5. The molecule has 8 nitrogen and oxygen atoms in total. The lowest BCUT2D eigenvalue weighted by atomic mass is 9.98. The molecule has 4 heterocycles. The minimum atomic E-state index is -2.82. The van der Waals surface area contributed by atoms with Gasteiger partial charge in [0.2, 0.25) is 5.91 Å². The molecule has 11 heteroatoms. The van der Waals surface area contributed by atoms with Gasteiger partial charge in [0.15, 0.2) is 5.13 Å². The van der Waals surface area contributed by atoms with E-state index < -0.39 is 18.0 Å². The van der Waals surface area contributed by atoms with Gasteiger partial charge in [-0.1, -0.05) is 23.2 Å². The van der Waals surface area contributed by atoms with Gasteiger partial charge in [-0.2, -0.15) is 0 Å². The Balaban J connectivity index is 1.48. The normalized spacial score (nSPS) is 16.6. The van der Waals surface area contributed by atoms with Gasteiger partial charge in [-0.05, 0) is 44.7 Å². The maximum absolute atomic E-state index is 13.6. The number of nitrogens with zero attached hydrogens (tertiary/aromatic N) is 4. The second-order valence-electron chi connectivity index (χ2n) is 9.61. The van der Waals surface area contributed by atoms with Crippen molar-refractivity contribution >= 4 is 28.3 Å². The summed E-state index contributed by atoms with van der Waals surface area (Å²) in [6, 6.07) is 2.92. The van der Waals surface area contributed by atoms with Crippen LogP contribution in [0.25, 0.3) is 11.1 Å². The maximum Gasteiger partial charge on any atom is 0.280 e. The molecule has 39 heavy (non-hydrogen) atoms. The fourth-order valence-corrected chi connectivity index (χ4v) is 5.14. The van der Waals surface area contributed by atoms with E-state index >= 15 is 0 Å². The van der Waals surface area contributed by atoms with Crippen molar-refractivity contribution in [3.05, 3.63) is 52.6 Å². The van der Waals surface area contributed by atoms with E-state index in [0.29, 0.717) is 28.9 Å². The topological polar surface area (TPSA) is 97.3 Å². The average Bonchev–Trinajstić information content (AvgIpc) is 3.49. The van der Waals surface area contributed by atoms with Crippen LogP contribution in [0.3, 0.4) is 0 Å². The fraction of sp³-hybridized carbons (Fsp3) is 0.393. The van der Waals surface area contributed by atoms with Gasteiger partial charge in [0.05, 0.1) is 42.1 Å². The maximum atomic E-state index is 13.6. The van der Waals surface area contributed by atoms with E-state index in [1.54, 1.807) is 12.3 Å². The van der Waals surface area contributed by atoms with Crippen molar-refractivity contribution < 1.29 is 23.1 Å². The molecular formula is C28H27F2N5O3S. The summed E-state index contributed by atoms with van der Waals surface area (Å²) in [4.78, 5) is 41.3. The second kappa shape index (κ2) is 11.5. The molecule has 1 aliphatic heterocycles. The Morgan fingerprint density at radius 2 is 1.97 bits per heavy atom. The highest BCUT2D eigenvalue weighted by Gasteiger charge is 2.27. The first kappa shape index (κ1) is 26.7. The highest BCUT2D eigenvalue weighted by molar-refractivity contribution is 7.16. The monoisotopic (exact) mass is 551 g/mol. The number of amides is 2. The molecule has 3 aromatic rings. The Morgan fingerprint density at radius 3 is 2.67 bits per heavy atom. The molecule has 3 aromatic heterocycles. The van der Waals surface area contributed by atoms with Crippen molar-refractivity contribution in [2.75, 3.05) is 19.0 Å². The zero-order chi connectivity index (χ0) is 27.5. The van der Waals surface area contributed by atoms with Crippen LogP contribution >= 0.6 is 11.3 Å². The van der Waals surface area contributed by atoms with Gasteiger partial charge >= 0.3 is 0 Å². The van der Waals surface area contributed by atoms with E-state index in [0.717, 1.165) is 30.6 Å². The summed E-state index contributed by atoms with van der Waals surface area (Å²) in [6.07, 6.45) is 5.44. The molecule has 5 rings (SSSR count). The molecule has 2 fully saturated rings. The van der Waals surface area contributed by atoms with Gasteiger partial charge in [0.25, 0.3) is 12.3 Å². The van der Waals surface area contributed by atoms with E-state index in [4.69, 9.17) is 4.74 Å². The number of anilines is 1. The summed E-state index contributed by atoms with van der Waals surface area (Å²) in [5, 5.41) is 3.11. The minimum Gasteiger partial charge on any atom is -0.494 e. The van der Waals surface area contributed by atoms with Crippen molar-refractivity contribution in [2.24, 2.45) is 5.92 Å². The summed E-state index contributed by atoms with van der Waals surface area (Å²) >= 11 is 1.25. The number of thiazole rings is 1. The molecule has 0 bridgehead atoms. The third-order valence-corrected chi connectivity index (χ3v) is 7.56. The van der Waals surface area contributed by atoms with Crippen LogP contribution in [0.1, 0.15) is 65.7 Å². The number of methoxy groups -OCH3 is 1. The number of carbonyl (C=O) groups excluding carboxylic acids is 2. The number of likely N-dealkylation sites (tertiary alicyclic amines) is 1. The molecule has 2 amide bonds. The van der Waals surface area contributed by atoms with Crippen LogP contribution in [0, 0.1) is 17.8 Å². The van der Waals surface area contributed by atoms with Crippen LogP contribution in [0.5, 0.6) is 5.75 Å². The van der Waals surface area contributed by atoms with Crippen LogP contribution in [0.4, 0.5) is 13.9 Å². The zero-order valence-corrected chi connectivity index (χ0v) is 22.4. The smallest absolute Gasteiger partial charge is 0.280 e. The van der Waals surface area contributed by atoms with Crippen molar-refractivity contribution in [1.29, 1.82) is 0 Å². The predicted molar refractivity (Wildman–Crippen MR) is 143 cm³/mol. The first-order chi connectivity index (χ1) is 18.8. The molecule has 1 atom stereocenters. The van der Waals surface area contributed by atoms with Crippen molar-refractivity contribution in [3.63, 3.8) is 0 Å². The van der Waals surface area contributed by atoms with Gasteiger partial charge in [0, 0.05) is 35.8 Å². The van der Waals surface area contributed by atoms with Gasteiger partial charge in [-0.25, -0.2) is 13.8 Å². The lowest BCUT2D eigenvalue weighted by Crippen LogP contribution is -2.35. The molecule has 1 saturated heterocycles. The fourth-order valence-electron chi connectivity index (χ4n) is 4.47. The first-order valence-corrected chi connectivity index (χ1v) is 13.5. The Hall–Kier alpha value is -3.91. The molecule has 0 unspecified atom stereocenters. The van der Waals surface area contributed by atoms with E-state index in [9.17, 15) is 18.4 Å². The van der Waals surface area contributed by atoms with Crippen molar-refractivity contribution in [2.45, 2.75) is 51.5 Å². The molecule has 1 N–H and O–H groups in total. The minimum absolute atomic E-state index is 0.0177. The number of halogens is 2. The number of carbonyl (C=O) groups is 2.